The van der Waals surface area contributed by atoms with Crippen LogP contribution in [0.15, 0.2) is 54.6 Å². The van der Waals surface area contributed by atoms with Crippen LogP contribution in [0.1, 0.15) is 28.9 Å². The van der Waals surface area contributed by atoms with E-state index in [0.29, 0.717) is 12.1 Å². The Balaban J connectivity index is 2.10. The first-order chi connectivity index (χ1) is 10.6. The topological polar surface area (TPSA) is 58.4 Å². The zero-order valence-electron chi connectivity index (χ0n) is 13.1. The van der Waals surface area contributed by atoms with E-state index in [1.807, 2.05) is 43.4 Å². The minimum atomic E-state index is -0.0966. The van der Waals surface area contributed by atoms with Gasteiger partial charge in [-0.3, -0.25) is 9.69 Å². The minimum absolute atomic E-state index is 0.0966. The molecule has 0 bridgehead atoms. The molecule has 2 aromatic carbocycles. The van der Waals surface area contributed by atoms with Crippen molar-refractivity contribution in [2.45, 2.75) is 13.0 Å². The molecule has 0 aliphatic rings. The van der Waals surface area contributed by atoms with Crippen molar-refractivity contribution >= 4 is 11.6 Å². The lowest BCUT2D eigenvalue weighted by Crippen LogP contribution is -2.28. The van der Waals surface area contributed by atoms with Gasteiger partial charge in [-0.25, -0.2) is 0 Å². The fourth-order valence-corrected chi connectivity index (χ4v) is 2.32. The number of carbonyl (C=O) groups excluding carboxylic acids is 1. The maximum absolute atomic E-state index is 12.2. The SMILES string of the molecule is CC(c1cccc(NC(=O)c2ccccc2)c1)N(C)CCN. The van der Waals surface area contributed by atoms with Crippen LogP contribution < -0.4 is 11.1 Å². The first-order valence-corrected chi connectivity index (χ1v) is 7.48. The molecule has 1 amide bonds. The summed E-state index contributed by atoms with van der Waals surface area (Å²) in [5, 5.41) is 2.94. The summed E-state index contributed by atoms with van der Waals surface area (Å²) in [5.41, 5.74) is 8.22. The summed E-state index contributed by atoms with van der Waals surface area (Å²) < 4.78 is 0. The molecule has 2 rings (SSSR count). The highest BCUT2D eigenvalue weighted by Crippen LogP contribution is 2.21. The Morgan fingerprint density at radius 3 is 2.59 bits per heavy atom. The number of hydrogen-bond donors (Lipinski definition) is 2. The number of benzene rings is 2. The zero-order valence-corrected chi connectivity index (χ0v) is 13.1. The fraction of sp³-hybridized carbons (Fsp3) is 0.278. The van der Waals surface area contributed by atoms with Crippen LogP contribution in [0.5, 0.6) is 0 Å². The van der Waals surface area contributed by atoms with Gasteiger partial charge in [0.25, 0.3) is 5.91 Å². The second-order valence-corrected chi connectivity index (χ2v) is 5.39. The highest BCUT2D eigenvalue weighted by atomic mass is 16.1. The molecule has 0 aliphatic carbocycles. The van der Waals surface area contributed by atoms with Gasteiger partial charge in [0, 0.05) is 30.4 Å². The van der Waals surface area contributed by atoms with Crippen LogP contribution in [-0.2, 0) is 0 Å². The van der Waals surface area contributed by atoms with Gasteiger partial charge >= 0.3 is 0 Å². The maximum Gasteiger partial charge on any atom is 0.255 e. The van der Waals surface area contributed by atoms with Crippen LogP contribution in [-0.4, -0.2) is 30.9 Å². The summed E-state index contributed by atoms with van der Waals surface area (Å²) in [7, 11) is 2.05. The van der Waals surface area contributed by atoms with Crippen molar-refractivity contribution in [3.63, 3.8) is 0 Å². The molecular weight excluding hydrogens is 274 g/mol. The van der Waals surface area contributed by atoms with E-state index in [2.05, 4.69) is 23.2 Å². The maximum atomic E-state index is 12.2. The summed E-state index contributed by atoms with van der Waals surface area (Å²) in [6.45, 7) is 3.60. The van der Waals surface area contributed by atoms with E-state index in [1.165, 1.54) is 0 Å². The van der Waals surface area contributed by atoms with Crippen molar-refractivity contribution in [2.75, 3.05) is 25.5 Å². The lowest BCUT2D eigenvalue weighted by molar-refractivity contribution is 0.102. The molecule has 0 spiro atoms. The molecule has 0 radical (unpaired) electrons. The number of anilines is 1. The molecule has 0 saturated carbocycles. The average molecular weight is 297 g/mol. The molecule has 1 unspecified atom stereocenters. The molecule has 0 saturated heterocycles. The third-order valence-corrected chi connectivity index (χ3v) is 3.81. The highest BCUT2D eigenvalue weighted by molar-refractivity contribution is 6.04. The normalized spacial score (nSPS) is 12.2. The molecule has 4 heteroatoms. The van der Waals surface area contributed by atoms with E-state index in [0.717, 1.165) is 17.8 Å². The molecule has 22 heavy (non-hydrogen) atoms. The van der Waals surface area contributed by atoms with Crippen LogP contribution in [0.25, 0.3) is 0 Å². The van der Waals surface area contributed by atoms with Gasteiger partial charge in [0.15, 0.2) is 0 Å². The molecular formula is C18H23N3O. The van der Waals surface area contributed by atoms with Crippen LogP contribution in [0.3, 0.4) is 0 Å². The number of likely N-dealkylation sites (N-methyl/N-ethyl adjacent to an activating group) is 1. The van der Waals surface area contributed by atoms with Gasteiger partial charge in [0.2, 0.25) is 0 Å². The Bertz CT molecular complexity index is 613. The van der Waals surface area contributed by atoms with E-state index in [9.17, 15) is 4.79 Å². The van der Waals surface area contributed by atoms with Crippen LogP contribution in [0, 0.1) is 0 Å². The second-order valence-electron chi connectivity index (χ2n) is 5.39. The van der Waals surface area contributed by atoms with E-state index < -0.39 is 0 Å². The number of nitrogens with zero attached hydrogens (tertiary/aromatic N) is 1. The van der Waals surface area contributed by atoms with E-state index >= 15 is 0 Å². The minimum Gasteiger partial charge on any atom is -0.329 e. The molecule has 0 aliphatic heterocycles. The molecule has 116 valence electrons. The summed E-state index contributed by atoms with van der Waals surface area (Å²) in [4.78, 5) is 14.4. The first kappa shape index (κ1) is 16.2. The predicted molar refractivity (Wildman–Crippen MR) is 90.9 cm³/mol. The third-order valence-electron chi connectivity index (χ3n) is 3.81. The number of carbonyl (C=O) groups is 1. The van der Waals surface area contributed by atoms with Gasteiger partial charge in [-0.1, -0.05) is 30.3 Å². The van der Waals surface area contributed by atoms with E-state index in [1.54, 1.807) is 12.1 Å². The number of nitrogens with one attached hydrogen (secondary N) is 1. The average Bonchev–Trinajstić information content (AvgIpc) is 2.55. The van der Waals surface area contributed by atoms with Crippen molar-refractivity contribution in [3.05, 3.63) is 65.7 Å². The molecule has 3 N–H and O–H groups in total. The van der Waals surface area contributed by atoms with Gasteiger partial charge in [-0.05, 0) is 43.8 Å². The fourth-order valence-electron chi connectivity index (χ4n) is 2.32. The highest BCUT2D eigenvalue weighted by Gasteiger charge is 2.12. The lowest BCUT2D eigenvalue weighted by Gasteiger charge is -2.24. The Hall–Kier alpha value is -2.17. The van der Waals surface area contributed by atoms with Crippen LogP contribution >= 0.6 is 0 Å². The van der Waals surface area contributed by atoms with Crippen molar-refractivity contribution in [1.29, 1.82) is 0 Å². The number of rotatable bonds is 6. The van der Waals surface area contributed by atoms with Crippen molar-refractivity contribution in [1.82, 2.24) is 4.90 Å². The van der Waals surface area contributed by atoms with E-state index in [4.69, 9.17) is 5.73 Å². The largest absolute Gasteiger partial charge is 0.329 e. The summed E-state index contributed by atoms with van der Waals surface area (Å²) in [5.74, 6) is -0.0966. The molecule has 0 heterocycles. The Labute approximate surface area is 131 Å². The second kappa shape index (κ2) is 7.73. The predicted octanol–water partition coefficient (Wildman–Crippen LogP) is 2.89. The number of amides is 1. The molecule has 2 aromatic rings. The summed E-state index contributed by atoms with van der Waals surface area (Å²) in [6.07, 6.45) is 0. The Morgan fingerprint density at radius 1 is 1.18 bits per heavy atom. The Morgan fingerprint density at radius 2 is 1.91 bits per heavy atom. The third kappa shape index (κ3) is 4.16. The number of nitrogens with two attached hydrogens (primary N) is 1. The zero-order chi connectivity index (χ0) is 15.9. The van der Waals surface area contributed by atoms with Crippen LogP contribution in [0.4, 0.5) is 5.69 Å². The lowest BCUT2D eigenvalue weighted by atomic mass is 10.1. The molecule has 0 aromatic heterocycles. The van der Waals surface area contributed by atoms with Gasteiger partial charge in [0.1, 0.15) is 0 Å². The Kier molecular flexibility index (Phi) is 5.69. The first-order valence-electron chi connectivity index (χ1n) is 7.48. The number of hydrogen-bond acceptors (Lipinski definition) is 3. The summed E-state index contributed by atoms with van der Waals surface area (Å²) >= 11 is 0. The quantitative estimate of drug-likeness (QED) is 0.862. The molecule has 4 nitrogen and oxygen atoms in total. The van der Waals surface area contributed by atoms with Gasteiger partial charge in [0.05, 0.1) is 0 Å². The van der Waals surface area contributed by atoms with Gasteiger partial charge < -0.3 is 11.1 Å². The van der Waals surface area contributed by atoms with Crippen molar-refractivity contribution in [2.24, 2.45) is 5.73 Å². The van der Waals surface area contributed by atoms with E-state index in [-0.39, 0.29) is 11.9 Å². The van der Waals surface area contributed by atoms with Gasteiger partial charge in [-0.2, -0.15) is 0 Å². The molecule has 1 atom stereocenters. The van der Waals surface area contributed by atoms with Crippen LogP contribution in [0.2, 0.25) is 0 Å². The van der Waals surface area contributed by atoms with Gasteiger partial charge in [-0.15, -0.1) is 0 Å². The standard InChI is InChI=1S/C18H23N3O/c1-14(21(2)12-11-19)16-9-6-10-17(13-16)20-18(22)15-7-4-3-5-8-15/h3-10,13-14H,11-12,19H2,1-2H3,(H,20,22). The van der Waals surface area contributed by atoms with Crippen molar-refractivity contribution < 1.29 is 4.79 Å². The molecule has 0 fully saturated rings. The summed E-state index contributed by atoms with van der Waals surface area (Å²) in [6, 6.07) is 17.4. The smallest absolute Gasteiger partial charge is 0.255 e. The monoisotopic (exact) mass is 297 g/mol. The van der Waals surface area contributed by atoms with Crippen molar-refractivity contribution in [3.8, 4) is 0 Å².